The van der Waals surface area contributed by atoms with Gasteiger partial charge in [-0.2, -0.15) is 0 Å². The predicted octanol–water partition coefficient (Wildman–Crippen LogP) is 2.48. The van der Waals surface area contributed by atoms with Gasteiger partial charge in [0.1, 0.15) is 0 Å². The highest BCUT2D eigenvalue weighted by atomic mass is 32.2. The van der Waals surface area contributed by atoms with Gasteiger partial charge in [0, 0.05) is 10.9 Å². The van der Waals surface area contributed by atoms with E-state index in [0.717, 1.165) is 10.6 Å². The minimum absolute atomic E-state index is 0.0362. The summed E-state index contributed by atoms with van der Waals surface area (Å²) in [5, 5.41) is 2.67. The molecule has 0 aliphatic carbocycles. The summed E-state index contributed by atoms with van der Waals surface area (Å²) in [6, 6.07) is 7.28. The molecule has 0 unspecified atom stereocenters. The Morgan fingerprint density at radius 2 is 2.00 bits per heavy atom. The van der Waals surface area contributed by atoms with Crippen LogP contribution in [0.2, 0.25) is 0 Å². The van der Waals surface area contributed by atoms with Gasteiger partial charge in [-0.1, -0.05) is 19.1 Å². The molecule has 19 heavy (non-hydrogen) atoms. The van der Waals surface area contributed by atoms with E-state index in [0.29, 0.717) is 5.56 Å². The molecule has 1 aromatic rings. The monoisotopic (exact) mass is 281 g/mol. The van der Waals surface area contributed by atoms with Gasteiger partial charge in [-0.15, -0.1) is 11.8 Å². The zero-order valence-corrected chi connectivity index (χ0v) is 12.3. The van der Waals surface area contributed by atoms with Crippen LogP contribution < -0.4 is 5.32 Å². The second-order valence-corrected chi connectivity index (χ2v) is 5.53. The number of carbonyl (C=O) groups is 2. The Morgan fingerprint density at radius 3 is 2.63 bits per heavy atom. The van der Waals surface area contributed by atoms with Crippen LogP contribution in [0.15, 0.2) is 29.2 Å². The van der Waals surface area contributed by atoms with Crippen molar-refractivity contribution in [3.8, 4) is 0 Å². The smallest absolute Gasteiger partial charge is 0.339 e. The number of thioether (sulfide) groups is 1. The number of carbonyl (C=O) groups excluding carboxylic acids is 2. The lowest BCUT2D eigenvalue weighted by Crippen LogP contribution is -2.34. The highest BCUT2D eigenvalue weighted by Crippen LogP contribution is 2.22. The molecule has 1 aromatic carbocycles. The van der Waals surface area contributed by atoms with E-state index in [1.807, 2.05) is 32.9 Å². The maximum absolute atomic E-state index is 11.9. The topological polar surface area (TPSA) is 55.4 Å². The van der Waals surface area contributed by atoms with E-state index in [2.05, 4.69) is 5.32 Å². The predicted molar refractivity (Wildman–Crippen MR) is 76.4 cm³/mol. The molecule has 0 aliphatic rings. The molecule has 1 rings (SSSR count). The van der Waals surface area contributed by atoms with Gasteiger partial charge in [0.2, 0.25) is 0 Å². The van der Waals surface area contributed by atoms with Crippen molar-refractivity contribution in [1.29, 1.82) is 0 Å². The molecule has 0 aromatic heterocycles. The van der Waals surface area contributed by atoms with Gasteiger partial charge in [0.15, 0.2) is 6.61 Å². The number of esters is 1. The normalized spacial score (nSPS) is 10.3. The van der Waals surface area contributed by atoms with Crippen LogP contribution in [-0.2, 0) is 9.53 Å². The van der Waals surface area contributed by atoms with Crippen molar-refractivity contribution < 1.29 is 14.3 Å². The number of benzene rings is 1. The zero-order valence-electron chi connectivity index (χ0n) is 11.4. The Bertz CT molecular complexity index is 446. The summed E-state index contributed by atoms with van der Waals surface area (Å²) < 4.78 is 5.01. The number of nitrogens with one attached hydrogen (secondary N) is 1. The molecular formula is C14H19NO3S. The maximum atomic E-state index is 11.9. The summed E-state index contributed by atoms with van der Waals surface area (Å²) in [6.45, 7) is 5.48. The van der Waals surface area contributed by atoms with Crippen LogP contribution in [0.3, 0.4) is 0 Å². The molecule has 1 amide bonds. The summed E-state index contributed by atoms with van der Waals surface area (Å²) in [5.74, 6) is 0.123. The first-order valence-electron chi connectivity index (χ1n) is 6.23. The van der Waals surface area contributed by atoms with Crippen LogP contribution in [0, 0.1) is 0 Å². The summed E-state index contributed by atoms with van der Waals surface area (Å²) in [5.41, 5.74) is 0.506. The Kier molecular flexibility index (Phi) is 6.42. The van der Waals surface area contributed by atoms with Crippen molar-refractivity contribution in [2.24, 2.45) is 0 Å². The van der Waals surface area contributed by atoms with Gasteiger partial charge in [-0.05, 0) is 31.7 Å². The molecule has 0 bridgehead atoms. The number of rotatable bonds is 6. The molecule has 0 fully saturated rings. The van der Waals surface area contributed by atoms with E-state index in [1.165, 1.54) is 0 Å². The average molecular weight is 281 g/mol. The number of ether oxygens (including phenoxy) is 1. The molecule has 0 heterocycles. The molecule has 0 spiro atoms. The zero-order chi connectivity index (χ0) is 14.3. The minimum Gasteiger partial charge on any atom is -0.452 e. The van der Waals surface area contributed by atoms with Crippen molar-refractivity contribution >= 4 is 23.6 Å². The van der Waals surface area contributed by atoms with E-state index < -0.39 is 5.97 Å². The van der Waals surface area contributed by atoms with E-state index in [9.17, 15) is 9.59 Å². The fourth-order valence-corrected chi connectivity index (χ4v) is 2.28. The van der Waals surface area contributed by atoms with Crippen LogP contribution in [0.1, 0.15) is 31.1 Å². The van der Waals surface area contributed by atoms with E-state index >= 15 is 0 Å². The average Bonchev–Trinajstić information content (AvgIpc) is 2.36. The van der Waals surface area contributed by atoms with Gasteiger partial charge in [-0.25, -0.2) is 4.79 Å². The molecule has 104 valence electrons. The lowest BCUT2D eigenvalue weighted by atomic mass is 10.2. The maximum Gasteiger partial charge on any atom is 0.339 e. The van der Waals surface area contributed by atoms with Gasteiger partial charge < -0.3 is 10.1 Å². The van der Waals surface area contributed by atoms with E-state index in [1.54, 1.807) is 23.9 Å². The largest absolute Gasteiger partial charge is 0.452 e. The van der Waals surface area contributed by atoms with E-state index in [-0.39, 0.29) is 18.6 Å². The van der Waals surface area contributed by atoms with Crippen molar-refractivity contribution in [1.82, 2.24) is 5.32 Å². The summed E-state index contributed by atoms with van der Waals surface area (Å²) >= 11 is 1.57. The van der Waals surface area contributed by atoms with Crippen LogP contribution in [0.5, 0.6) is 0 Å². The molecule has 0 saturated carbocycles. The third-order valence-electron chi connectivity index (χ3n) is 2.19. The first-order valence-corrected chi connectivity index (χ1v) is 7.21. The highest BCUT2D eigenvalue weighted by Gasteiger charge is 2.14. The van der Waals surface area contributed by atoms with Crippen molar-refractivity contribution in [2.45, 2.75) is 31.7 Å². The first-order chi connectivity index (χ1) is 9.04. The van der Waals surface area contributed by atoms with Crippen molar-refractivity contribution in [3.05, 3.63) is 29.8 Å². The third-order valence-corrected chi connectivity index (χ3v) is 3.15. The number of amides is 1. The quantitative estimate of drug-likeness (QED) is 0.643. The van der Waals surface area contributed by atoms with Crippen LogP contribution >= 0.6 is 11.8 Å². The fourth-order valence-electron chi connectivity index (χ4n) is 1.49. The van der Waals surface area contributed by atoms with E-state index in [4.69, 9.17) is 4.74 Å². The fraction of sp³-hybridized carbons (Fsp3) is 0.429. The van der Waals surface area contributed by atoms with Crippen molar-refractivity contribution in [3.63, 3.8) is 0 Å². The number of hydrogen-bond donors (Lipinski definition) is 1. The van der Waals surface area contributed by atoms with Crippen LogP contribution in [-0.4, -0.2) is 30.3 Å². The van der Waals surface area contributed by atoms with Gasteiger partial charge >= 0.3 is 5.97 Å². The molecule has 4 nitrogen and oxygen atoms in total. The van der Waals surface area contributed by atoms with Crippen LogP contribution in [0.25, 0.3) is 0 Å². The summed E-state index contributed by atoms with van der Waals surface area (Å²) in [6.07, 6.45) is 0. The summed E-state index contributed by atoms with van der Waals surface area (Å²) in [7, 11) is 0. The lowest BCUT2D eigenvalue weighted by molar-refractivity contribution is -0.124. The second-order valence-electron chi connectivity index (χ2n) is 4.23. The van der Waals surface area contributed by atoms with Gasteiger partial charge in [-0.3, -0.25) is 4.79 Å². The van der Waals surface area contributed by atoms with Crippen molar-refractivity contribution in [2.75, 3.05) is 12.4 Å². The molecule has 1 N–H and O–H groups in total. The SMILES string of the molecule is CCSc1ccccc1C(=O)OCC(=O)NC(C)C. The second kappa shape index (κ2) is 7.84. The number of hydrogen-bond acceptors (Lipinski definition) is 4. The summed E-state index contributed by atoms with van der Waals surface area (Å²) in [4.78, 5) is 24.2. The molecule has 0 saturated heterocycles. The molecule has 0 radical (unpaired) electrons. The Morgan fingerprint density at radius 1 is 1.32 bits per heavy atom. The Hall–Kier alpha value is -1.49. The first kappa shape index (κ1) is 15.6. The molecule has 0 atom stereocenters. The highest BCUT2D eigenvalue weighted by molar-refractivity contribution is 7.99. The lowest BCUT2D eigenvalue weighted by Gasteiger charge is -2.10. The van der Waals surface area contributed by atoms with Gasteiger partial charge in [0.05, 0.1) is 5.56 Å². The third kappa shape index (κ3) is 5.34. The van der Waals surface area contributed by atoms with Crippen LogP contribution in [0.4, 0.5) is 0 Å². The molecule has 0 aliphatic heterocycles. The Labute approximate surface area is 117 Å². The Balaban J connectivity index is 2.61. The van der Waals surface area contributed by atoms with Gasteiger partial charge in [0.25, 0.3) is 5.91 Å². The molecular weight excluding hydrogens is 262 g/mol. The minimum atomic E-state index is -0.463. The standard InChI is InChI=1S/C14H19NO3S/c1-4-19-12-8-6-5-7-11(12)14(17)18-9-13(16)15-10(2)3/h5-8,10H,4,9H2,1-3H3,(H,15,16). The molecule has 5 heteroatoms.